The molecule has 1 aliphatic heterocycles. The lowest BCUT2D eigenvalue weighted by molar-refractivity contribution is -0.139. The van der Waals surface area contributed by atoms with Crippen molar-refractivity contribution in [1.82, 2.24) is 4.90 Å². The third-order valence-corrected chi connectivity index (χ3v) is 4.79. The topological polar surface area (TPSA) is 59.0 Å². The van der Waals surface area contributed by atoms with Gasteiger partial charge in [-0.1, -0.05) is 12.1 Å². The van der Waals surface area contributed by atoms with Gasteiger partial charge >= 0.3 is 5.97 Å². The van der Waals surface area contributed by atoms with Crippen LogP contribution in [0, 0.1) is 11.8 Å². The smallest absolute Gasteiger partial charge is 0.341 e. The summed E-state index contributed by atoms with van der Waals surface area (Å²) in [6, 6.07) is 7.71. The van der Waals surface area contributed by atoms with Crippen LogP contribution in [-0.4, -0.2) is 48.9 Å². The van der Waals surface area contributed by atoms with E-state index in [1.807, 2.05) is 31.4 Å². The maximum absolute atomic E-state index is 10.5. The Morgan fingerprint density at radius 2 is 1.86 bits per heavy atom. The number of benzene rings is 1. The first-order valence-electron chi connectivity index (χ1n) is 7.84. The van der Waals surface area contributed by atoms with Crippen molar-refractivity contribution in [2.24, 2.45) is 11.8 Å². The fraction of sp³-hybridized carbons (Fsp3) is 0.588. The van der Waals surface area contributed by atoms with Gasteiger partial charge in [0.1, 0.15) is 5.75 Å². The highest BCUT2D eigenvalue weighted by atomic mass is 16.5. The van der Waals surface area contributed by atoms with E-state index in [9.17, 15) is 4.79 Å². The van der Waals surface area contributed by atoms with Gasteiger partial charge in [-0.3, -0.25) is 4.90 Å². The van der Waals surface area contributed by atoms with Crippen molar-refractivity contribution in [3.8, 4) is 5.75 Å². The minimum atomic E-state index is -0.958. The molecule has 1 aromatic carbocycles. The summed E-state index contributed by atoms with van der Waals surface area (Å²) >= 11 is 0. The van der Waals surface area contributed by atoms with E-state index in [0.717, 1.165) is 19.6 Å². The SMILES string of the molecule is COC1[C@@H]2CC[C@H]1CN(Cc1ccc(OCC(=O)O)cc1)C2. The molecule has 0 amide bonds. The fourth-order valence-electron chi connectivity index (χ4n) is 3.88. The summed E-state index contributed by atoms with van der Waals surface area (Å²) in [4.78, 5) is 13.0. The van der Waals surface area contributed by atoms with Crippen LogP contribution in [0.2, 0.25) is 0 Å². The van der Waals surface area contributed by atoms with Gasteiger partial charge in [0.15, 0.2) is 6.61 Å². The van der Waals surface area contributed by atoms with Crippen molar-refractivity contribution in [1.29, 1.82) is 0 Å². The molecule has 1 N–H and O–H groups in total. The van der Waals surface area contributed by atoms with E-state index in [0.29, 0.717) is 23.7 Å². The van der Waals surface area contributed by atoms with Crippen molar-refractivity contribution in [3.63, 3.8) is 0 Å². The van der Waals surface area contributed by atoms with E-state index in [1.54, 1.807) is 0 Å². The molecular formula is C17H23NO4. The summed E-state index contributed by atoms with van der Waals surface area (Å²) in [5.41, 5.74) is 1.23. The Balaban J connectivity index is 1.54. The Labute approximate surface area is 130 Å². The predicted molar refractivity (Wildman–Crippen MR) is 81.9 cm³/mol. The first-order chi connectivity index (χ1) is 10.7. The molecule has 2 aliphatic rings. The van der Waals surface area contributed by atoms with Crippen LogP contribution in [-0.2, 0) is 16.1 Å². The molecule has 1 saturated heterocycles. The zero-order chi connectivity index (χ0) is 15.5. The summed E-state index contributed by atoms with van der Waals surface area (Å²) in [6.07, 6.45) is 3.01. The molecule has 2 bridgehead atoms. The number of rotatable bonds is 6. The number of nitrogens with zero attached hydrogens (tertiary/aromatic N) is 1. The second-order valence-corrected chi connectivity index (χ2v) is 6.32. The van der Waals surface area contributed by atoms with Crippen LogP contribution >= 0.6 is 0 Å². The molecule has 0 aromatic heterocycles. The molecular weight excluding hydrogens is 282 g/mol. The third-order valence-electron chi connectivity index (χ3n) is 4.79. The molecule has 22 heavy (non-hydrogen) atoms. The Bertz CT molecular complexity index is 502. The Morgan fingerprint density at radius 1 is 1.23 bits per heavy atom. The molecule has 3 atom stereocenters. The molecule has 1 unspecified atom stereocenters. The number of carbonyl (C=O) groups is 1. The Morgan fingerprint density at radius 3 is 2.41 bits per heavy atom. The second-order valence-electron chi connectivity index (χ2n) is 6.32. The van der Waals surface area contributed by atoms with Gasteiger partial charge in [-0.05, 0) is 42.4 Å². The minimum Gasteiger partial charge on any atom is -0.482 e. The maximum atomic E-state index is 10.5. The molecule has 0 spiro atoms. The van der Waals surface area contributed by atoms with Crippen molar-refractivity contribution < 1.29 is 19.4 Å². The normalized spacial score (nSPS) is 27.8. The number of likely N-dealkylation sites (tertiary alicyclic amines) is 1. The molecule has 2 fully saturated rings. The van der Waals surface area contributed by atoms with Crippen LogP contribution in [0.4, 0.5) is 0 Å². The quantitative estimate of drug-likeness (QED) is 0.871. The van der Waals surface area contributed by atoms with Crippen molar-refractivity contribution in [2.75, 3.05) is 26.8 Å². The number of hydrogen-bond acceptors (Lipinski definition) is 4. The van der Waals surface area contributed by atoms with E-state index in [2.05, 4.69) is 4.90 Å². The van der Waals surface area contributed by atoms with Gasteiger partial charge < -0.3 is 14.6 Å². The summed E-state index contributed by atoms with van der Waals surface area (Å²) in [6.45, 7) is 2.84. The van der Waals surface area contributed by atoms with E-state index < -0.39 is 5.97 Å². The number of ether oxygens (including phenoxy) is 2. The van der Waals surface area contributed by atoms with Crippen molar-refractivity contribution in [2.45, 2.75) is 25.5 Å². The lowest BCUT2D eigenvalue weighted by atomic mass is 9.94. The zero-order valence-corrected chi connectivity index (χ0v) is 12.9. The minimum absolute atomic E-state index is 0.298. The van der Waals surface area contributed by atoms with Gasteiger partial charge in [-0.2, -0.15) is 0 Å². The molecule has 0 radical (unpaired) electrons. The monoisotopic (exact) mass is 305 g/mol. The van der Waals surface area contributed by atoms with E-state index in [4.69, 9.17) is 14.6 Å². The number of carboxylic acid groups (broad SMARTS) is 1. The Kier molecular flexibility index (Phi) is 4.64. The number of hydrogen-bond donors (Lipinski definition) is 1. The first kappa shape index (κ1) is 15.3. The molecule has 1 saturated carbocycles. The highest BCUT2D eigenvalue weighted by molar-refractivity contribution is 5.68. The number of methoxy groups -OCH3 is 1. The highest BCUT2D eigenvalue weighted by Gasteiger charge is 2.41. The largest absolute Gasteiger partial charge is 0.482 e. The maximum Gasteiger partial charge on any atom is 0.341 e. The number of piperidine rings is 1. The van der Waals surface area contributed by atoms with Gasteiger partial charge in [0, 0.05) is 26.7 Å². The predicted octanol–water partition coefficient (Wildman–Crippen LogP) is 2.01. The highest BCUT2D eigenvalue weighted by Crippen LogP contribution is 2.38. The van der Waals surface area contributed by atoms with E-state index in [1.165, 1.54) is 18.4 Å². The van der Waals surface area contributed by atoms with Crippen LogP contribution in [0.15, 0.2) is 24.3 Å². The molecule has 1 aliphatic carbocycles. The average Bonchev–Trinajstić information content (AvgIpc) is 2.76. The Hall–Kier alpha value is -1.59. The van der Waals surface area contributed by atoms with Gasteiger partial charge in [-0.25, -0.2) is 4.79 Å². The van der Waals surface area contributed by atoms with Crippen LogP contribution in [0.25, 0.3) is 0 Å². The van der Waals surface area contributed by atoms with Crippen molar-refractivity contribution >= 4 is 5.97 Å². The van der Waals surface area contributed by atoms with Crippen LogP contribution in [0.1, 0.15) is 18.4 Å². The standard InChI is InChI=1S/C17H23NO4/c1-21-17-13-4-5-14(17)10-18(9-13)8-12-2-6-15(7-3-12)22-11-16(19)20/h2-3,6-7,13-14,17H,4-5,8-11H2,1H3,(H,19,20)/t13-,14+,17?. The summed E-state index contributed by atoms with van der Waals surface area (Å²) in [5.74, 6) is 0.980. The summed E-state index contributed by atoms with van der Waals surface area (Å²) in [5, 5.41) is 8.60. The van der Waals surface area contributed by atoms with Gasteiger partial charge in [0.25, 0.3) is 0 Å². The average molecular weight is 305 g/mol. The van der Waals surface area contributed by atoms with Crippen LogP contribution < -0.4 is 4.74 Å². The number of fused-ring (bicyclic) bond motifs is 2. The molecule has 5 nitrogen and oxygen atoms in total. The van der Waals surface area contributed by atoms with Gasteiger partial charge in [-0.15, -0.1) is 0 Å². The zero-order valence-electron chi connectivity index (χ0n) is 12.9. The molecule has 120 valence electrons. The van der Waals surface area contributed by atoms with E-state index in [-0.39, 0.29) is 6.61 Å². The fourth-order valence-corrected chi connectivity index (χ4v) is 3.88. The first-order valence-corrected chi connectivity index (χ1v) is 7.84. The van der Waals surface area contributed by atoms with Crippen LogP contribution in [0.5, 0.6) is 5.75 Å². The molecule has 1 aromatic rings. The number of carboxylic acids is 1. The third kappa shape index (κ3) is 3.42. The molecule has 5 heteroatoms. The lowest BCUT2D eigenvalue weighted by Crippen LogP contribution is -2.44. The lowest BCUT2D eigenvalue weighted by Gasteiger charge is -2.37. The molecule has 3 rings (SSSR count). The summed E-state index contributed by atoms with van der Waals surface area (Å²) in [7, 11) is 1.83. The van der Waals surface area contributed by atoms with Crippen molar-refractivity contribution in [3.05, 3.63) is 29.8 Å². The second kappa shape index (κ2) is 6.67. The van der Waals surface area contributed by atoms with Crippen LogP contribution in [0.3, 0.4) is 0 Å². The number of aliphatic carboxylic acids is 1. The van der Waals surface area contributed by atoms with E-state index >= 15 is 0 Å². The summed E-state index contributed by atoms with van der Waals surface area (Å²) < 4.78 is 10.8. The molecule has 1 heterocycles. The van der Waals surface area contributed by atoms with Gasteiger partial charge in [0.2, 0.25) is 0 Å². The van der Waals surface area contributed by atoms with Gasteiger partial charge in [0.05, 0.1) is 6.10 Å².